The van der Waals surface area contributed by atoms with Crippen molar-refractivity contribution in [1.29, 1.82) is 0 Å². The molecule has 0 amide bonds. The summed E-state index contributed by atoms with van der Waals surface area (Å²) in [7, 11) is 0. The summed E-state index contributed by atoms with van der Waals surface area (Å²) in [4.78, 5) is 23.2. The van der Waals surface area contributed by atoms with Crippen molar-refractivity contribution >= 4 is 23.5 Å². The Morgan fingerprint density at radius 1 is 1.32 bits per heavy atom. The predicted molar refractivity (Wildman–Crippen MR) is 81.8 cm³/mol. The van der Waals surface area contributed by atoms with E-state index in [0.717, 1.165) is 12.1 Å². The monoisotopic (exact) mass is 331 g/mol. The zero-order chi connectivity index (χ0) is 16.7. The van der Waals surface area contributed by atoms with E-state index in [1.54, 1.807) is 11.8 Å². The molecule has 0 saturated carbocycles. The van der Waals surface area contributed by atoms with Crippen LogP contribution in [0.25, 0.3) is 0 Å². The van der Waals surface area contributed by atoms with Crippen LogP contribution in [0.2, 0.25) is 0 Å². The molecule has 3 N–H and O–H groups in total. The van der Waals surface area contributed by atoms with E-state index < -0.39 is 29.6 Å². The molecule has 122 valence electrons. The van der Waals surface area contributed by atoms with Crippen LogP contribution >= 0.6 is 11.8 Å². The Labute approximate surface area is 132 Å². The molecule has 0 radical (unpaired) electrons. The van der Waals surface area contributed by atoms with Crippen molar-refractivity contribution in [3.05, 3.63) is 35.4 Å². The molecule has 0 heterocycles. The fourth-order valence-corrected chi connectivity index (χ4v) is 2.49. The van der Waals surface area contributed by atoms with Crippen molar-refractivity contribution in [3.63, 3.8) is 0 Å². The minimum absolute atomic E-state index is 0.0481. The number of carbonyl (C=O) groups excluding carboxylic acids is 1. The van der Waals surface area contributed by atoms with Gasteiger partial charge in [-0.25, -0.2) is 8.78 Å². The quantitative estimate of drug-likeness (QED) is 0.725. The molecule has 0 aliphatic heterocycles. The summed E-state index contributed by atoms with van der Waals surface area (Å²) in [5.41, 5.74) is 6.05. The summed E-state index contributed by atoms with van der Waals surface area (Å²) in [6, 6.07) is 2.50. The lowest BCUT2D eigenvalue weighted by atomic mass is 9.92. The highest BCUT2D eigenvalue weighted by atomic mass is 32.2. The second kappa shape index (κ2) is 8.85. The molecule has 0 fully saturated rings. The number of nitrogens with two attached hydrogens (primary N) is 1. The van der Waals surface area contributed by atoms with E-state index in [4.69, 9.17) is 5.73 Å². The number of thioether (sulfide) groups is 1. The van der Waals surface area contributed by atoms with Crippen LogP contribution in [0, 0.1) is 17.6 Å². The van der Waals surface area contributed by atoms with E-state index in [2.05, 4.69) is 0 Å². The fraction of sp³-hybridized carbons (Fsp3) is 0.467. The lowest BCUT2D eigenvalue weighted by Crippen LogP contribution is -2.34. The highest BCUT2D eigenvalue weighted by Gasteiger charge is 2.25. The molecule has 1 unspecified atom stereocenters. The van der Waals surface area contributed by atoms with Gasteiger partial charge in [0.15, 0.2) is 11.6 Å². The Bertz CT molecular complexity index is 540. The average molecular weight is 331 g/mol. The molecule has 1 aromatic carbocycles. The van der Waals surface area contributed by atoms with Gasteiger partial charge in [-0.3, -0.25) is 9.59 Å². The molecule has 22 heavy (non-hydrogen) atoms. The minimum Gasteiger partial charge on any atom is -0.481 e. The van der Waals surface area contributed by atoms with Crippen molar-refractivity contribution in [2.75, 3.05) is 12.0 Å². The van der Waals surface area contributed by atoms with Crippen molar-refractivity contribution in [2.24, 2.45) is 11.7 Å². The average Bonchev–Trinajstić information content (AvgIpc) is 2.47. The Morgan fingerprint density at radius 3 is 2.55 bits per heavy atom. The van der Waals surface area contributed by atoms with Gasteiger partial charge in [-0.15, -0.1) is 0 Å². The molecule has 0 aliphatic rings. The van der Waals surface area contributed by atoms with Gasteiger partial charge < -0.3 is 10.8 Å². The van der Waals surface area contributed by atoms with Crippen LogP contribution in [0.1, 0.15) is 18.4 Å². The molecule has 7 heteroatoms. The van der Waals surface area contributed by atoms with Crippen LogP contribution in [0.5, 0.6) is 0 Å². The third-order valence-corrected chi connectivity index (χ3v) is 3.95. The molecule has 0 aromatic heterocycles. The van der Waals surface area contributed by atoms with E-state index in [0.29, 0.717) is 17.7 Å². The van der Waals surface area contributed by atoms with Gasteiger partial charge in [-0.05, 0) is 42.5 Å². The second-order valence-corrected chi connectivity index (χ2v) is 6.03. The van der Waals surface area contributed by atoms with Gasteiger partial charge in [0.25, 0.3) is 0 Å². The third kappa shape index (κ3) is 5.73. The summed E-state index contributed by atoms with van der Waals surface area (Å²) in [5.74, 6) is -3.80. The van der Waals surface area contributed by atoms with E-state index in [1.165, 1.54) is 6.07 Å². The molecule has 0 bridgehead atoms. The first-order chi connectivity index (χ1) is 10.3. The van der Waals surface area contributed by atoms with E-state index in [9.17, 15) is 23.5 Å². The summed E-state index contributed by atoms with van der Waals surface area (Å²) >= 11 is 1.55. The highest BCUT2D eigenvalue weighted by molar-refractivity contribution is 7.98. The van der Waals surface area contributed by atoms with Gasteiger partial charge in [0.2, 0.25) is 0 Å². The Morgan fingerprint density at radius 2 is 2.00 bits per heavy atom. The van der Waals surface area contributed by atoms with Gasteiger partial charge >= 0.3 is 5.97 Å². The normalized spacial score (nSPS) is 13.6. The SMILES string of the molecule is CSCC[C@H](N)C(=O)CC(Cc1ccc(F)c(F)c1)C(=O)O. The maximum absolute atomic E-state index is 13.1. The van der Waals surface area contributed by atoms with E-state index in [1.807, 2.05) is 6.26 Å². The Hall–Kier alpha value is -1.47. The molecule has 1 rings (SSSR count). The number of rotatable bonds is 9. The van der Waals surface area contributed by atoms with Crippen molar-refractivity contribution < 1.29 is 23.5 Å². The topological polar surface area (TPSA) is 80.4 Å². The number of Topliss-reactive ketones (excluding diaryl/α,β-unsaturated/α-hetero) is 1. The number of ketones is 1. The predicted octanol–water partition coefficient (Wildman–Crippen LogP) is 2.25. The standard InChI is InChI=1S/C15H19F2NO3S/c1-22-5-4-13(18)14(19)8-10(15(20)21)6-9-2-3-11(16)12(17)7-9/h2-3,7,10,13H,4-6,8,18H2,1H3,(H,20,21)/t10?,13-/m0/s1. The van der Waals surface area contributed by atoms with Gasteiger partial charge in [-0.2, -0.15) is 11.8 Å². The molecule has 2 atom stereocenters. The first-order valence-electron chi connectivity index (χ1n) is 6.79. The van der Waals surface area contributed by atoms with Crippen LogP contribution in [0.4, 0.5) is 8.78 Å². The van der Waals surface area contributed by atoms with Crippen molar-refractivity contribution in [1.82, 2.24) is 0 Å². The van der Waals surface area contributed by atoms with Crippen LogP contribution in [0.3, 0.4) is 0 Å². The number of hydrogen-bond donors (Lipinski definition) is 2. The minimum atomic E-state index is -1.16. The zero-order valence-electron chi connectivity index (χ0n) is 12.2. The molecule has 4 nitrogen and oxygen atoms in total. The summed E-state index contributed by atoms with van der Waals surface area (Å²) in [6.07, 6.45) is 2.11. The van der Waals surface area contributed by atoms with Gasteiger partial charge in [-0.1, -0.05) is 6.07 Å². The van der Waals surface area contributed by atoms with E-state index in [-0.39, 0.29) is 18.6 Å². The van der Waals surface area contributed by atoms with Gasteiger partial charge in [0.1, 0.15) is 5.78 Å². The fourth-order valence-electron chi connectivity index (χ4n) is 2.00. The smallest absolute Gasteiger partial charge is 0.307 e. The maximum Gasteiger partial charge on any atom is 0.307 e. The maximum atomic E-state index is 13.1. The lowest BCUT2D eigenvalue weighted by Gasteiger charge is -2.15. The zero-order valence-corrected chi connectivity index (χ0v) is 13.0. The van der Waals surface area contributed by atoms with Crippen LogP contribution in [-0.4, -0.2) is 34.9 Å². The number of benzene rings is 1. The number of carbonyl (C=O) groups is 2. The number of halogens is 2. The number of aliphatic carboxylic acids is 1. The Balaban J connectivity index is 2.71. The first-order valence-corrected chi connectivity index (χ1v) is 8.18. The summed E-state index contributed by atoms with van der Waals surface area (Å²) < 4.78 is 26.0. The molecule has 0 spiro atoms. The van der Waals surface area contributed by atoms with Gasteiger partial charge in [0, 0.05) is 6.42 Å². The molecular formula is C15H19F2NO3S. The van der Waals surface area contributed by atoms with Crippen LogP contribution in [0.15, 0.2) is 18.2 Å². The van der Waals surface area contributed by atoms with Crippen LogP contribution < -0.4 is 5.73 Å². The number of hydrogen-bond acceptors (Lipinski definition) is 4. The van der Waals surface area contributed by atoms with Crippen molar-refractivity contribution in [2.45, 2.75) is 25.3 Å². The van der Waals surface area contributed by atoms with Gasteiger partial charge in [0.05, 0.1) is 12.0 Å². The molecule has 0 saturated heterocycles. The third-order valence-electron chi connectivity index (χ3n) is 3.31. The molecule has 1 aromatic rings. The molecule has 0 aliphatic carbocycles. The summed E-state index contributed by atoms with van der Waals surface area (Å²) in [5, 5.41) is 9.20. The lowest BCUT2D eigenvalue weighted by molar-refractivity contribution is -0.143. The van der Waals surface area contributed by atoms with Crippen molar-refractivity contribution in [3.8, 4) is 0 Å². The molecular weight excluding hydrogens is 312 g/mol. The largest absolute Gasteiger partial charge is 0.481 e. The summed E-state index contributed by atoms with van der Waals surface area (Å²) in [6.45, 7) is 0. The number of carboxylic acids is 1. The van der Waals surface area contributed by atoms with E-state index >= 15 is 0 Å². The number of carboxylic acid groups (broad SMARTS) is 1. The Kier molecular flexibility index (Phi) is 7.47. The second-order valence-electron chi connectivity index (χ2n) is 5.05. The van der Waals surface area contributed by atoms with Crippen LogP contribution in [-0.2, 0) is 16.0 Å². The highest BCUT2D eigenvalue weighted by Crippen LogP contribution is 2.17. The first kappa shape index (κ1) is 18.6.